The fourth-order valence-electron chi connectivity index (χ4n) is 2.00. The Kier molecular flexibility index (Phi) is 4.16. The Morgan fingerprint density at radius 3 is 2.58 bits per heavy atom. The molecule has 7 heteroatoms. The third-order valence-corrected chi connectivity index (χ3v) is 5.28. The summed E-state index contributed by atoms with van der Waals surface area (Å²) in [5.41, 5.74) is 0.420. The molecule has 2 heterocycles. The van der Waals surface area contributed by atoms with Crippen LogP contribution >= 0.6 is 0 Å². The van der Waals surface area contributed by atoms with Crippen molar-refractivity contribution in [3.63, 3.8) is 0 Å². The highest BCUT2D eigenvalue weighted by Gasteiger charge is 2.28. The largest absolute Gasteiger partial charge is 0.478 e. The predicted octanol–water partition coefficient (Wildman–Crippen LogP) is 0.874. The maximum Gasteiger partial charge on any atom is 0.337 e. The summed E-state index contributed by atoms with van der Waals surface area (Å²) in [4.78, 5) is 14.6. The van der Waals surface area contributed by atoms with Gasteiger partial charge in [-0.3, -0.25) is 4.98 Å². The number of hydrogen-bond acceptors (Lipinski definition) is 5. The average molecular weight is 285 g/mol. The lowest BCUT2D eigenvalue weighted by Crippen LogP contribution is -2.30. The van der Waals surface area contributed by atoms with Gasteiger partial charge >= 0.3 is 5.97 Å². The lowest BCUT2D eigenvalue weighted by molar-refractivity contribution is 0.0696. The monoisotopic (exact) mass is 285 g/mol. The van der Waals surface area contributed by atoms with Crippen LogP contribution in [0, 0.1) is 0 Å². The van der Waals surface area contributed by atoms with Crippen LogP contribution < -0.4 is 0 Å². The number of sulfone groups is 1. The predicted molar refractivity (Wildman–Crippen MR) is 67.7 cm³/mol. The SMILES string of the molecule is O=C(O)c1ccc(CS(=O)(=O)C2CCOCC2)nc1. The topological polar surface area (TPSA) is 93.6 Å². The molecular weight excluding hydrogens is 270 g/mol. The third-order valence-electron chi connectivity index (χ3n) is 3.10. The molecule has 1 aliphatic rings. The van der Waals surface area contributed by atoms with Gasteiger partial charge in [0.2, 0.25) is 0 Å². The maximum atomic E-state index is 12.2. The molecule has 1 aromatic rings. The first-order valence-electron chi connectivity index (χ1n) is 5.96. The van der Waals surface area contributed by atoms with Crippen molar-refractivity contribution < 1.29 is 23.1 Å². The zero-order valence-corrected chi connectivity index (χ0v) is 11.1. The summed E-state index contributed by atoms with van der Waals surface area (Å²) in [5, 5.41) is 8.35. The normalized spacial score (nSPS) is 17.3. The molecule has 0 atom stereocenters. The number of pyridine rings is 1. The Morgan fingerprint density at radius 2 is 2.05 bits per heavy atom. The van der Waals surface area contributed by atoms with Crippen molar-refractivity contribution in [3.05, 3.63) is 29.6 Å². The van der Waals surface area contributed by atoms with Gasteiger partial charge in [-0.15, -0.1) is 0 Å². The van der Waals surface area contributed by atoms with E-state index in [2.05, 4.69) is 4.98 Å². The first kappa shape index (κ1) is 14.0. The molecule has 1 aliphatic heterocycles. The van der Waals surface area contributed by atoms with Crippen LogP contribution in [0.2, 0.25) is 0 Å². The molecular formula is C12H15NO5S. The van der Waals surface area contributed by atoms with E-state index in [9.17, 15) is 13.2 Å². The van der Waals surface area contributed by atoms with E-state index in [1.165, 1.54) is 18.3 Å². The summed E-state index contributed by atoms with van der Waals surface area (Å²) < 4.78 is 29.5. The first-order valence-corrected chi connectivity index (χ1v) is 7.68. The highest BCUT2D eigenvalue weighted by Crippen LogP contribution is 2.19. The molecule has 0 aromatic carbocycles. The second-order valence-corrected chi connectivity index (χ2v) is 6.74. The van der Waals surface area contributed by atoms with Gasteiger partial charge < -0.3 is 9.84 Å². The third kappa shape index (κ3) is 3.51. The fraction of sp³-hybridized carbons (Fsp3) is 0.500. The van der Waals surface area contributed by atoms with Gasteiger partial charge in [0.15, 0.2) is 9.84 Å². The van der Waals surface area contributed by atoms with Gasteiger partial charge in [-0.05, 0) is 25.0 Å². The number of carboxylic acids is 1. The second kappa shape index (κ2) is 5.66. The molecule has 0 saturated carbocycles. The van der Waals surface area contributed by atoms with Crippen molar-refractivity contribution >= 4 is 15.8 Å². The van der Waals surface area contributed by atoms with Gasteiger partial charge in [-0.1, -0.05) is 0 Å². The van der Waals surface area contributed by atoms with Gasteiger partial charge in [-0.2, -0.15) is 0 Å². The van der Waals surface area contributed by atoms with E-state index in [1.54, 1.807) is 0 Å². The van der Waals surface area contributed by atoms with Gasteiger partial charge in [0.1, 0.15) is 0 Å². The number of ether oxygens (including phenoxy) is 1. The van der Waals surface area contributed by atoms with E-state index in [1.807, 2.05) is 0 Å². The summed E-state index contributed by atoms with van der Waals surface area (Å²) in [6, 6.07) is 2.81. The zero-order chi connectivity index (χ0) is 13.9. The minimum Gasteiger partial charge on any atom is -0.478 e. The van der Waals surface area contributed by atoms with Crippen LogP contribution in [0.4, 0.5) is 0 Å². The zero-order valence-electron chi connectivity index (χ0n) is 10.3. The maximum absolute atomic E-state index is 12.2. The lowest BCUT2D eigenvalue weighted by atomic mass is 10.2. The molecule has 1 fully saturated rings. The minimum atomic E-state index is -3.26. The summed E-state index contributed by atoms with van der Waals surface area (Å²) >= 11 is 0. The smallest absolute Gasteiger partial charge is 0.337 e. The highest BCUT2D eigenvalue weighted by atomic mass is 32.2. The quantitative estimate of drug-likeness (QED) is 0.882. The van der Waals surface area contributed by atoms with E-state index in [0.717, 1.165) is 0 Å². The molecule has 19 heavy (non-hydrogen) atoms. The number of aromatic carboxylic acids is 1. The van der Waals surface area contributed by atoms with E-state index in [-0.39, 0.29) is 16.6 Å². The van der Waals surface area contributed by atoms with E-state index >= 15 is 0 Å². The Balaban J connectivity index is 2.09. The molecule has 0 amide bonds. The molecule has 0 unspecified atom stereocenters. The summed E-state index contributed by atoms with van der Waals surface area (Å²) in [6.45, 7) is 0.935. The van der Waals surface area contributed by atoms with Crippen LogP contribution in [0.5, 0.6) is 0 Å². The second-order valence-electron chi connectivity index (χ2n) is 4.46. The molecule has 2 rings (SSSR count). The Hall–Kier alpha value is -1.47. The van der Waals surface area contributed by atoms with Gasteiger partial charge in [0.25, 0.3) is 0 Å². The molecule has 104 valence electrons. The van der Waals surface area contributed by atoms with Gasteiger partial charge in [-0.25, -0.2) is 13.2 Å². The number of nitrogens with zero attached hydrogens (tertiary/aromatic N) is 1. The highest BCUT2D eigenvalue weighted by molar-refractivity contribution is 7.91. The molecule has 1 N–H and O–H groups in total. The van der Waals surface area contributed by atoms with E-state index in [0.29, 0.717) is 31.7 Å². The Morgan fingerprint density at radius 1 is 1.37 bits per heavy atom. The molecule has 0 radical (unpaired) electrons. The Labute approximate surface area is 111 Å². The standard InChI is InChI=1S/C12H15NO5S/c14-12(15)9-1-2-10(13-7-9)8-19(16,17)11-3-5-18-6-4-11/h1-2,7,11H,3-6,8H2,(H,14,15). The molecule has 0 bridgehead atoms. The lowest BCUT2D eigenvalue weighted by Gasteiger charge is -2.21. The summed E-state index contributed by atoms with van der Waals surface area (Å²) in [6.07, 6.45) is 2.20. The molecule has 6 nitrogen and oxygen atoms in total. The number of rotatable bonds is 4. The number of carbonyl (C=O) groups is 1. The van der Waals surface area contributed by atoms with E-state index in [4.69, 9.17) is 9.84 Å². The van der Waals surface area contributed by atoms with Crippen LogP contribution in [0.15, 0.2) is 18.3 Å². The van der Waals surface area contributed by atoms with Crippen molar-refractivity contribution in [3.8, 4) is 0 Å². The van der Waals surface area contributed by atoms with Crippen molar-refractivity contribution in [2.45, 2.75) is 23.8 Å². The number of aromatic nitrogens is 1. The van der Waals surface area contributed by atoms with Crippen LogP contribution in [-0.2, 0) is 20.3 Å². The fourth-order valence-corrected chi connectivity index (χ4v) is 3.72. The Bertz CT molecular complexity index is 546. The van der Waals surface area contributed by atoms with Crippen LogP contribution in [0.25, 0.3) is 0 Å². The number of hydrogen-bond donors (Lipinski definition) is 1. The van der Waals surface area contributed by atoms with Crippen molar-refractivity contribution in [2.24, 2.45) is 0 Å². The summed E-state index contributed by atoms with van der Waals surface area (Å²) in [7, 11) is -3.26. The molecule has 1 aromatic heterocycles. The molecule has 0 aliphatic carbocycles. The van der Waals surface area contributed by atoms with Gasteiger partial charge in [0.05, 0.1) is 22.3 Å². The molecule has 1 saturated heterocycles. The minimum absolute atomic E-state index is 0.0483. The first-order chi connectivity index (χ1) is 8.99. The van der Waals surface area contributed by atoms with Crippen LogP contribution in [0.1, 0.15) is 28.9 Å². The van der Waals surface area contributed by atoms with Gasteiger partial charge in [0, 0.05) is 19.4 Å². The van der Waals surface area contributed by atoms with Crippen molar-refractivity contribution in [1.82, 2.24) is 4.98 Å². The van der Waals surface area contributed by atoms with Crippen molar-refractivity contribution in [1.29, 1.82) is 0 Å². The van der Waals surface area contributed by atoms with Crippen LogP contribution in [0.3, 0.4) is 0 Å². The molecule has 0 spiro atoms. The number of carboxylic acid groups (broad SMARTS) is 1. The average Bonchev–Trinajstić information content (AvgIpc) is 2.40. The van der Waals surface area contributed by atoms with Crippen LogP contribution in [-0.4, -0.2) is 42.9 Å². The van der Waals surface area contributed by atoms with E-state index < -0.39 is 15.8 Å². The van der Waals surface area contributed by atoms with Crippen molar-refractivity contribution in [2.75, 3.05) is 13.2 Å². The summed E-state index contributed by atoms with van der Waals surface area (Å²) in [5.74, 6) is -1.23.